The van der Waals surface area contributed by atoms with Crippen LogP contribution < -0.4 is 0 Å². The molecule has 3 rings (SSSR count). The van der Waals surface area contributed by atoms with Crippen molar-refractivity contribution in [2.24, 2.45) is 5.41 Å². The number of carbonyl (C=O) groups is 2. The highest BCUT2D eigenvalue weighted by molar-refractivity contribution is 5.97. The predicted octanol–water partition coefficient (Wildman–Crippen LogP) is 1.52. The summed E-state index contributed by atoms with van der Waals surface area (Å²) in [4.78, 5) is 26.0. The summed E-state index contributed by atoms with van der Waals surface area (Å²) in [5, 5.41) is 19.8. The molecule has 1 amide bonds. The highest BCUT2D eigenvalue weighted by Crippen LogP contribution is 2.49. The molecule has 1 aromatic rings. The number of halogens is 1. The fourth-order valence-corrected chi connectivity index (χ4v) is 3.74. The van der Waals surface area contributed by atoms with Gasteiger partial charge in [0.15, 0.2) is 5.78 Å². The van der Waals surface area contributed by atoms with Crippen LogP contribution in [0.15, 0.2) is 24.3 Å². The van der Waals surface area contributed by atoms with Crippen LogP contribution in [-0.4, -0.2) is 52.1 Å². The number of Topliss-reactive ketones (excluding diaryl/α,β-unsaturated/α-hetero) is 1. The average Bonchev–Trinajstić information content (AvgIpc) is 2.60. The van der Waals surface area contributed by atoms with Gasteiger partial charge in [0.2, 0.25) is 5.91 Å². The molecule has 2 N–H and O–H groups in total. The van der Waals surface area contributed by atoms with Crippen molar-refractivity contribution in [3.63, 3.8) is 0 Å². The molecule has 1 aromatic carbocycles. The summed E-state index contributed by atoms with van der Waals surface area (Å²) in [7, 11) is 0. The number of aliphatic hydroxyl groups is 2. The van der Waals surface area contributed by atoms with Crippen molar-refractivity contribution in [1.82, 2.24) is 4.90 Å². The van der Waals surface area contributed by atoms with E-state index in [0.717, 1.165) is 0 Å². The molecule has 1 saturated heterocycles. The van der Waals surface area contributed by atoms with E-state index in [0.29, 0.717) is 37.9 Å². The van der Waals surface area contributed by atoms with E-state index in [1.807, 2.05) is 0 Å². The Morgan fingerprint density at radius 1 is 1.08 bits per heavy atom. The Labute approximate surface area is 140 Å². The zero-order valence-electron chi connectivity index (χ0n) is 13.4. The molecule has 1 aliphatic heterocycles. The molecule has 1 aliphatic carbocycles. The van der Waals surface area contributed by atoms with E-state index in [9.17, 15) is 24.2 Å². The van der Waals surface area contributed by atoms with Crippen molar-refractivity contribution in [3.8, 4) is 0 Å². The summed E-state index contributed by atoms with van der Waals surface area (Å²) < 4.78 is 12.9. The number of hydrogen-bond donors (Lipinski definition) is 2. The molecular weight excluding hydrogens is 313 g/mol. The standard InChI is InChI=1S/C18H22FNO4/c19-13-3-1-12(2-4-13)14(21)5-6-17(24)20-9-7-18(8-10-20)15(22)11-16(18)23/h1-4,15-16,22-23H,5-11H2/t15-,16+. The highest BCUT2D eigenvalue weighted by Gasteiger charge is 2.55. The molecule has 0 aromatic heterocycles. The topological polar surface area (TPSA) is 77.8 Å². The van der Waals surface area contributed by atoms with E-state index >= 15 is 0 Å². The second-order valence-corrected chi connectivity index (χ2v) is 6.81. The summed E-state index contributed by atoms with van der Waals surface area (Å²) in [5.41, 5.74) is -0.0386. The van der Waals surface area contributed by atoms with Gasteiger partial charge in [0.1, 0.15) is 5.82 Å². The van der Waals surface area contributed by atoms with Gasteiger partial charge < -0.3 is 15.1 Å². The third-order valence-corrected chi connectivity index (χ3v) is 5.55. The van der Waals surface area contributed by atoms with Gasteiger partial charge in [0.25, 0.3) is 0 Å². The maximum Gasteiger partial charge on any atom is 0.223 e. The van der Waals surface area contributed by atoms with Crippen molar-refractivity contribution in [2.45, 2.75) is 44.3 Å². The third-order valence-electron chi connectivity index (χ3n) is 5.55. The smallest absolute Gasteiger partial charge is 0.223 e. The van der Waals surface area contributed by atoms with Crippen LogP contribution >= 0.6 is 0 Å². The number of aliphatic hydroxyl groups excluding tert-OH is 2. The number of benzene rings is 1. The number of piperidine rings is 1. The maximum atomic E-state index is 12.9. The van der Waals surface area contributed by atoms with E-state index in [1.54, 1.807) is 4.90 Å². The van der Waals surface area contributed by atoms with Crippen LogP contribution in [0.3, 0.4) is 0 Å². The summed E-state index contributed by atoms with van der Waals surface area (Å²) >= 11 is 0. The normalized spacial score (nSPS) is 25.4. The minimum absolute atomic E-state index is 0.0939. The molecule has 2 atom stereocenters. The van der Waals surface area contributed by atoms with Crippen LogP contribution in [0.2, 0.25) is 0 Å². The number of nitrogens with zero attached hydrogens (tertiary/aromatic N) is 1. The van der Waals surface area contributed by atoms with Crippen molar-refractivity contribution in [3.05, 3.63) is 35.6 Å². The van der Waals surface area contributed by atoms with E-state index in [4.69, 9.17) is 0 Å². The second kappa shape index (κ2) is 6.61. The number of ketones is 1. The number of hydrogen-bond acceptors (Lipinski definition) is 4. The van der Waals surface area contributed by atoms with E-state index in [-0.39, 0.29) is 24.5 Å². The number of amides is 1. The van der Waals surface area contributed by atoms with Gasteiger partial charge in [-0.1, -0.05) is 0 Å². The number of rotatable bonds is 4. The van der Waals surface area contributed by atoms with Crippen molar-refractivity contribution < 1.29 is 24.2 Å². The summed E-state index contributed by atoms with van der Waals surface area (Å²) in [6.45, 7) is 0.995. The van der Waals surface area contributed by atoms with E-state index in [2.05, 4.69) is 0 Å². The van der Waals surface area contributed by atoms with Crippen LogP contribution in [0.25, 0.3) is 0 Å². The first-order chi connectivity index (χ1) is 11.4. The molecule has 5 nitrogen and oxygen atoms in total. The Balaban J connectivity index is 1.48. The van der Waals surface area contributed by atoms with E-state index in [1.165, 1.54) is 24.3 Å². The molecule has 6 heteroatoms. The number of likely N-dealkylation sites (tertiary alicyclic amines) is 1. The lowest BCUT2D eigenvalue weighted by Crippen LogP contribution is -2.61. The minimum Gasteiger partial charge on any atom is -0.392 e. The Bertz CT molecular complexity index is 612. The summed E-state index contributed by atoms with van der Waals surface area (Å²) in [5.74, 6) is -0.671. The van der Waals surface area contributed by atoms with Crippen molar-refractivity contribution in [1.29, 1.82) is 0 Å². The van der Waals surface area contributed by atoms with Crippen LogP contribution in [0, 0.1) is 11.2 Å². The zero-order chi connectivity index (χ0) is 17.3. The van der Waals surface area contributed by atoms with Gasteiger partial charge in [0.05, 0.1) is 12.2 Å². The Kier molecular flexibility index (Phi) is 4.69. The molecule has 1 saturated carbocycles. The maximum absolute atomic E-state index is 12.9. The molecule has 2 aliphatic rings. The lowest BCUT2D eigenvalue weighted by Gasteiger charge is -2.55. The molecule has 1 heterocycles. The second-order valence-electron chi connectivity index (χ2n) is 6.81. The molecule has 0 bridgehead atoms. The highest BCUT2D eigenvalue weighted by atomic mass is 19.1. The quantitative estimate of drug-likeness (QED) is 0.818. The Morgan fingerprint density at radius 2 is 1.67 bits per heavy atom. The van der Waals surface area contributed by atoms with Crippen LogP contribution in [0.5, 0.6) is 0 Å². The summed E-state index contributed by atoms with van der Waals surface area (Å²) in [6, 6.07) is 5.31. The molecule has 2 fully saturated rings. The Morgan fingerprint density at radius 3 is 2.21 bits per heavy atom. The minimum atomic E-state index is -0.482. The zero-order valence-corrected chi connectivity index (χ0v) is 13.4. The van der Waals surface area contributed by atoms with Crippen LogP contribution in [-0.2, 0) is 4.79 Å². The first-order valence-electron chi connectivity index (χ1n) is 8.35. The SMILES string of the molecule is O=C(CCC(=O)N1CCC2(CC1)[C@H](O)C[C@@H]2O)c1ccc(F)cc1. The van der Waals surface area contributed by atoms with E-state index < -0.39 is 23.4 Å². The molecule has 130 valence electrons. The summed E-state index contributed by atoms with van der Waals surface area (Å²) in [6.07, 6.45) is 0.848. The first-order valence-corrected chi connectivity index (χ1v) is 8.35. The fraction of sp³-hybridized carbons (Fsp3) is 0.556. The van der Waals surface area contributed by atoms with Crippen LogP contribution in [0.1, 0.15) is 42.5 Å². The van der Waals surface area contributed by atoms with Gasteiger partial charge in [-0.3, -0.25) is 9.59 Å². The first kappa shape index (κ1) is 17.0. The molecule has 1 spiro atoms. The molecule has 24 heavy (non-hydrogen) atoms. The van der Waals surface area contributed by atoms with Gasteiger partial charge in [-0.05, 0) is 37.1 Å². The van der Waals surface area contributed by atoms with Crippen molar-refractivity contribution >= 4 is 11.7 Å². The average molecular weight is 335 g/mol. The van der Waals surface area contributed by atoms with Gasteiger partial charge in [-0.15, -0.1) is 0 Å². The Hall–Kier alpha value is -1.79. The molecule has 0 unspecified atom stereocenters. The lowest BCUT2D eigenvalue weighted by atomic mass is 9.58. The van der Waals surface area contributed by atoms with Crippen LogP contribution in [0.4, 0.5) is 4.39 Å². The van der Waals surface area contributed by atoms with Gasteiger partial charge in [-0.25, -0.2) is 4.39 Å². The van der Waals surface area contributed by atoms with Gasteiger partial charge in [-0.2, -0.15) is 0 Å². The molecule has 0 radical (unpaired) electrons. The largest absolute Gasteiger partial charge is 0.392 e. The molecular formula is C18H22FNO4. The fourth-order valence-electron chi connectivity index (χ4n) is 3.74. The van der Waals surface area contributed by atoms with Gasteiger partial charge >= 0.3 is 0 Å². The van der Waals surface area contributed by atoms with Crippen molar-refractivity contribution in [2.75, 3.05) is 13.1 Å². The monoisotopic (exact) mass is 335 g/mol. The van der Waals surface area contributed by atoms with Gasteiger partial charge in [0, 0.05) is 43.3 Å². The lowest BCUT2D eigenvalue weighted by molar-refractivity contribution is -0.191. The predicted molar refractivity (Wildman–Crippen MR) is 84.8 cm³/mol. The third kappa shape index (κ3) is 3.08. The number of carbonyl (C=O) groups excluding carboxylic acids is 2.